The number of nitrogens with zero attached hydrogens (tertiary/aromatic N) is 2. The van der Waals surface area contributed by atoms with Gasteiger partial charge in [-0.05, 0) is 23.8 Å². The van der Waals surface area contributed by atoms with Crippen molar-refractivity contribution in [1.29, 1.82) is 5.26 Å². The molecule has 0 amide bonds. The van der Waals surface area contributed by atoms with Crippen LogP contribution >= 0.6 is 0 Å². The normalized spacial score (nSPS) is 10.5. The second-order valence-electron chi connectivity index (χ2n) is 4.04. The lowest BCUT2D eigenvalue weighted by Gasteiger charge is -2.11. The molecule has 0 unspecified atom stereocenters. The molecule has 1 rings (SSSR count). The van der Waals surface area contributed by atoms with Crippen LogP contribution in [0.4, 0.5) is 5.69 Å². The van der Waals surface area contributed by atoms with E-state index >= 15 is 0 Å². The minimum absolute atomic E-state index is 0.0283. The quantitative estimate of drug-likeness (QED) is 0.351. The Hall–Kier alpha value is -2.54. The van der Waals surface area contributed by atoms with Crippen molar-refractivity contribution in [2.24, 2.45) is 0 Å². The average molecular weight is 256 g/mol. The summed E-state index contributed by atoms with van der Waals surface area (Å²) in [4.78, 5) is 13.5. The van der Waals surface area contributed by atoms with E-state index in [0.29, 0.717) is 0 Å². The molecule has 0 fully saturated rings. The summed E-state index contributed by atoms with van der Waals surface area (Å²) in [5.41, 5.74) is 1.79. The number of anilines is 1. The Morgan fingerprint density at radius 1 is 1.42 bits per heavy atom. The average Bonchev–Trinajstić information content (AvgIpc) is 2.42. The van der Waals surface area contributed by atoms with Crippen molar-refractivity contribution < 1.29 is 9.53 Å². The van der Waals surface area contributed by atoms with Gasteiger partial charge in [-0.3, -0.25) is 0 Å². The minimum Gasteiger partial charge on any atom is -0.457 e. The Kier molecular flexibility index (Phi) is 5.36. The number of benzene rings is 1. The molecule has 19 heavy (non-hydrogen) atoms. The van der Waals surface area contributed by atoms with Gasteiger partial charge in [0.1, 0.15) is 18.2 Å². The number of nitriles is 1. The molecule has 0 heterocycles. The first kappa shape index (κ1) is 14.5. The monoisotopic (exact) mass is 256 g/mol. The third-order valence-electron chi connectivity index (χ3n) is 2.39. The van der Waals surface area contributed by atoms with Crippen LogP contribution in [-0.2, 0) is 9.53 Å². The van der Waals surface area contributed by atoms with Crippen molar-refractivity contribution in [3.63, 3.8) is 0 Å². The van der Waals surface area contributed by atoms with Gasteiger partial charge in [-0.15, -0.1) is 0 Å². The highest BCUT2D eigenvalue weighted by atomic mass is 16.5. The Balaban J connectivity index is 2.89. The van der Waals surface area contributed by atoms with Gasteiger partial charge in [0.2, 0.25) is 0 Å². The molecule has 0 aliphatic carbocycles. The highest BCUT2D eigenvalue weighted by Crippen LogP contribution is 2.14. The maximum Gasteiger partial charge on any atom is 0.349 e. The van der Waals surface area contributed by atoms with Crippen LogP contribution in [0.5, 0.6) is 0 Å². The van der Waals surface area contributed by atoms with Gasteiger partial charge in [0.05, 0.1) is 0 Å². The second-order valence-corrected chi connectivity index (χ2v) is 4.04. The van der Waals surface area contributed by atoms with Gasteiger partial charge < -0.3 is 9.64 Å². The molecule has 0 atom stereocenters. The number of hydrogen-bond acceptors (Lipinski definition) is 4. The van der Waals surface area contributed by atoms with Crippen LogP contribution in [0.25, 0.3) is 6.08 Å². The zero-order valence-corrected chi connectivity index (χ0v) is 11.1. The van der Waals surface area contributed by atoms with Crippen molar-refractivity contribution in [3.05, 3.63) is 48.1 Å². The Morgan fingerprint density at radius 2 is 2.05 bits per heavy atom. The van der Waals surface area contributed by atoms with Crippen LogP contribution in [0.1, 0.15) is 5.56 Å². The number of carbonyl (C=O) groups is 1. The molecular weight excluding hydrogens is 240 g/mol. The molecule has 0 aromatic heterocycles. The van der Waals surface area contributed by atoms with Gasteiger partial charge in [0.25, 0.3) is 0 Å². The van der Waals surface area contributed by atoms with Crippen LogP contribution in [0.3, 0.4) is 0 Å². The fourth-order valence-electron chi connectivity index (χ4n) is 1.38. The van der Waals surface area contributed by atoms with Gasteiger partial charge in [0.15, 0.2) is 0 Å². The van der Waals surface area contributed by atoms with Gasteiger partial charge in [-0.25, -0.2) is 4.79 Å². The highest BCUT2D eigenvalue weighted by molar-refractivity contribution is 5.97. The van der Waals surface area contributed by atoms with Gasteiger partial charge in [-0.2, -0.15) is 5.26 Å². The van der Waals surface area contributed by atoms with Crippen molar-refractivity contribution in [2.75, 3.05) is 25.6 Å². The van der Waals surface area contributed by atoms with E-state index in [1.807, 2.05) is 49.3 Å². The van der Waals surface area contributed by atoms with E-state index in [1.165, 1.54) is 12.2 Å². The zero-order valence-electron chi connectivity index (χ0n) is 11.1. The largest absolute Gasteiger partial charge is 0.457 e. The van der Waals surface area contributed by atoms with E-state index in [-0.39, 0.29) is 12.2 Å². The minimum atomic E-state index is -0.640. The molecule has 0 saturated carbocycles. The van der Waals surface area contributed by atoms with Crippen molar-refractivity contribution in [2.45, 2.75) is 0 Å². The van der Waals surface area contributed by atoms with Crippen LogP contribution in [-0.4, -0.2) is 26.7 Å². The van der Waals surface area contributed by atoms with Crippen molar-refractivity contribution in [1.82, 2.24) is 0 Å². The lowest BCUT2D eigenvalue weighted by atomic mass is 10.1. The predicted molar refractivity (Wildman–Crippen MR) is 75.5 cm³/mol. The summed E-state index contributed by atoms with van der Waals surface area (Å²) in [5, 5.41) is 8.95. The number of esters is 1. The molecule has 4 heteroatoms. The Bertz CT molecular complexity index is 522. The molecule has 4 nitrogen and oxygen atoms in total. The number of hydrogen-bond donors (Lipinski definition) is 0. The smallest absolute Gasteiger partial charge is 0.349 e. The van der Waals surface area contributed by atoms with Crippen LogP contribution in [0.2, 0.25) is 0 Å². The van der Waals surface area contributed by atoms with E-state index in [2.05, 4.69) is 6.58 Å². The molecule has 0 N–H and O–H groups in total. The molecule has 0 radical (unpaired) electrons. The van der Waals surface area contributed by atoms with E-state index in [9.17, 15) is 4.79 Å². The Morgan fingerprint density at radius 3 is 2.53 bits per heavy atom. The molecule has 1 aromatic rings. The van der Waals surface area contributed by atoms with Crippen LogP contribution in [0.15, 0.2) is 42.5 Å². The summed E-state index contributed by atoms with van der Waals surface area (Å²) >= 11 is 0. The topological polar surface area (TPSA) is 53.3 Å². The third kappa shape index (κ3) is 4.32. The molecule has 1 aromatic carbocycles. The van der Waals surface area contributed by atoms with E-state index in [1.54, 1.807) is 0 Å². The van der Waals surface area contributed by atoms with Gasteiger partial charge >= 0.3 is 5.97 Å². The number of carbonyl (C=O) groups excluding carboxylic acids is 1. The van der Waals surface area contributed by atoms with Gasteiger partial charge in [0, 0.05) is 19.8 Å². The van der Waals surface area contributed by atoms with Crippen LogP contribution in [0, 0.1) is 11.3 Å². The molecule has 0 aliphatic rings. The molecule has 0 bridgehead atoms. The first-order valence-corrected chi connectivity index (χ1v) is 5.75. The lowest BCUT2D eigenvalue weighted by Crippen LogP contribution is -2.08. The summed E-state index contributed by atoms with van der Waals surface area (Å²) in [6.45, 7) is 3.54. The molecule has 98 valence electrons. The summed E-state index contributed by atoms with van der Waals surface area (Å²) in [7, 11) is 3.89. The van der Waals surface area contributed by atoms with E-state index in [0.717, 1.165) is 11.3 Å². The zero-order chi connectivity index (χ0) is 14.3. The Labute approximate surface area is 113 Å². The fourth-order valence-corrected chi connectivity index (χ4v) is 1.38. The highest BCUT2D eigenvalue weighted by Gasteiger charge is 2.09. The SMILES string of the molecule is C=CCOC(=O)/C(C#N)=C/c1ccc(N(C)C)cc1. The summed E-state index contributed by atoms with van der Waals surface area (Å²) in [6.07, 6.45) is 2.96. The molecule has 0 saturated heterocycles. The lowest BCUT2D eigenvalue weighted by molar-refractivity contribution is -0.137. The van der Waals surface area contributed by atoms with Gasteiger partial charge in [-0.1, -0.05) is 24.8 Å². The summed E-state index contributed by atoms with van der Waals surface area (Å²) in [5.74, 6) is -0.640. The first-order chi connectivity index (χ1) is 9.08. The molecular formula is C15H16N2O2. The molecule has 0 aliphatic heterocycles. The maximum absolute atomic E-state index is 11.5. The predicted octanol–water partition coefficient (Wildman–Crippen LogP) is 2.39. The maximum atomic E-state index is 11.5. The van der Waals surface area contributed by atoms with E-state index < -0.39 is 5.97 Å². The third-order valence-corrected chi connectivity index (χ3v) is 2.39. The summed E-state index contributed by atoms with van der Waals surface area (Å²) in [6, 6.07) is 9.35. The first-order valence-electron chi connectivity index (χ1n) is 5.75. The van der Waals surface area contributed by atoms with Crippen molar-refractivity contribution in [3.8, 4) is 6.07 Å². The van der Waals surface area contributed by atoms with Crippen molar-refractivity contribution >= 4 is 17.7 Å². The standard InChI is InChI=1S/C15H16N2O2/c1-4-9-19-15(18)13(11-16)10-12-5-7-14(8-6-12)17(2)3/h4-8,10H,1,9H2,2-3H3/b13-10+. The number of ether oxygens (including phenoxy) is 1. The molecule has 0 spiro atoms. The summed E-state index contributed by atoms with van der Waals surface area (Å²) < 4.78 is 4.82. The van der Waals surface area contributed by atoms with E-state index in [4.69, 9.17) is 10.00 Å². The number of rotatable bonds is 5. The van der Waals surface area contributed by atoms with Crippen LogP contribution < -0.4 is 4.90 Å². The second kappa shape index (κ2) is 7.02. The fraction of sp³-hybridized carbons (Fsp3) is 0.200.